The van der Waals surface area contributed by atoms with E-state index in [0.29, 0.717) is 46.5 Å². The number of methoxy groups -OCH3 is 2. The van der Waals surface area contributed by atoms with Crippen molar-refractivity contribution in [3.63, 3.8) is 0 Å². The van der Waals surface area contributed by atoms with E-state index < -0.39 is 0 Å². The molecule has 34 heavy (non-hydrogen) atoms. The molecule has 5 heteroatoms. The Balaban J connectivity index is 1.33. The van der Waals surface area contributed by atoms with Crippen LogP contribution >= 0.6 is 0 Å². The van der Waals surface area contributed by atoms with Gasteiger partial charge in [0, 0.05) is 17.3 Å². The number of anilines is 2. The van der Waals surface area contributed by atoms with Crippen molar-refractivity contribution in [3.8, 4) is 11.5 Å². The minimum Gasteiger partial charge on any atom is -0.497 e. The number of nitrogens with one attached hydrogen (secondary N) is 2. The molecule has 0 unspecified atom stereocenters. The molecule has 2 saturated carbocycles. The molecule has 1 heterocycles. The number of ether oxygens (including phenoxy) is 2. The summed E-state index contributed by atoms with van der Waals surface area (Å²) in [5.74, 6) is 3.66. The summed E-state index contributed by atoms with van der Waals surface area (Å²) < 4.78 is 10.8. The van der Waals surface area contributed by atoms with Gasteiger partial charge in [-0.05, 0) is 84.4 Å². The molecule has 1 aliphatic heterocycles. The average molecular weight is 455 g/mol. The van der Waals surface area contributed by atoms with Gasteiger partial charge in [-0.3, -0.25) is 4.79 Å². The van der Waals surface area contributed by atoms with Crippen molar-refractivity contribution in [2.45, 2.75) is 31.2 Å². The molecule has 5 nitrogen and oxygen atoms in total. The summed E-state index contributed by atoms with van der Waals surface area (Å²) in [5, 5.41) is 6.87. The maximum Gasteiger partial charge on any atom is 0.255 e. The molecule has 0 radical (unpaired) electrons. The van der Waals surface area contributed by atoms with Gasteiger partial charge in [0.15, 0.2) is 0 Å². The van der Waals surface area contributed by atoms with Crippen LogP contribution in [0.3, 0.4) is 0 Å². The molecule has 2 aliphatic carbocycles. The van der Waals surface area contributed by atoms with Crippen LogP contribution in [0, 0.1) is 17.8 Å². The second-order valence-corrected chi connectivity index (χ2v) is 9.79. The van der Waals surface area contributed by atoms with E-state index in [-0.39, 0.29) is 5.91 Å². The Labute approximate surface area is 200 Å². The van der Waals surface area contributed by atoms with E-state index in [1.165, 1.54) is 30.4 Å². The van der Waals surface area contributed by atoms with E-state index in [1.807, 2.05) is 12.1 Å². The fraction of sp³-hybridized carbons (Fsp3) is 0.345. The van der Waals surface area contributed by atoms with Crippen LogP contribution in [0.25, 0.3) is 0 Å². The van der Waals surface area contributed by atoms with Crippen LogP contribution in [0.2, 0.25) is 0 Å². The van der Waals surface area contributed by atoms with Crippen LogP contribution in [0.15, 0.2) is 66.7 Å². The highest BCUT2D eigenvalue weighted by Crippen LogP contribution is 2.63. The first-order chi connectivity index (χ1) is 16.7. The molecule has 6 rings (SSSR count). The Bertz CT molecular complexity index is 1230. The zero-order valence-electron chi connectivity index (χ0n) is 19.6. The summed E-state index contributed by atoms with van der Waals surface area (Å²) in [6.07, 6.45) is 3.92. The number of hydrogen-bond donors (Lipinski definition) is 2. The lowest BCUT2D eigenvalue weighted by Gasteiger charge is -2.43. The number of amides is 1. The first kappa shape index (κ1) is 21.1. The van der Waals surface area contributed by atoms with Crippen LogP contribution < -0.4 is 20.1 Å². The fourth-order valence-corrected chi connectivity index (χ4v) is 6.72. The third kappa shape index (κ3) is 3.42. The van der Waals surface area contributed by atoms with Gasteiger partial charge in [0.1, 0.15) is 11.5 Å². The van der Waals surface area contributed by atoms with E-state index in [0.717, 1.165) is 11.6 Å². The van der Waals surface area contributed by atoms with Crippen LogP contribution in [0.4, 0.5) is 11.4 Å². The molecular formula is C29H30N2O3. The second kappa shape index (κ2) is 8.39. The van der Waals surface area contributed by atoms with Crippen LogP contribution in [0.1, 0.15) is 52.7 Å². The molecule has 2 bridgehead atoms. The van der Waals surface area contributed by atoms with Crippen molar-refractivity contribution in [3.05, 3.63) is 83.4 Å². The number of carbonyl (C=O) groups excluding carboxylic acids is 1. The highest BCUT2D eigenvalue weighted by atomic mass is 16.5. The van der Waals surface area contributed by atoms with Crippen molar-refractivity contribution in [2.75, 3.05) is 24.9 Å². The third-order valence-corrected chi connectivity index (χ3v) is 8.16. The maximum atomic E-state index is 13.3. The second-order valence-electron chi connectivity index (χ2n) is 9.79. The Hall–Kier alpha value is -3.47. The Morgan fingerprint density at radius 1 is 0.941 bits per heavy atom. The molecule has 3 aromatic rings. The lowest BCUT2D eigenvalue weighted by Crippen LogP contribution is -2.35. The summed E-state index contributed by atoms with van der Waals surface area (Å²) in [7, 11) is 3.21. The topological polar surface area (TPSA) is 59.6 Å². The van der Waals surface area contributed by atoms with Crippen molar-refractivity contribution in [1.29, 1.82) is 0 Å². The van der Waals surface area contributed by atoms with Gasteiger partial charge in [0.25, 0.3) is 5.91 Å². The molecule has 174 valence electrons. The molecule has 0 saturated heterocycles. The Morgan fingerprint density at radius 3 is 2.56 bits per heavy atom. The first-order valence-corrected chi connectivity index (χ1v) is 12.1. The van der Waals surface area contributed by atoms with Crippen molar-refractivity contribution >= 4 is 17.3 Å². The summed E-state index contributed by atoms with van der Waals surface area (Å²) in [6, 6.07) is 22.7. The van der Waals surface area contributed by atoms with E-state index >= 15 is 0 Å². The van der Waals surface area contributed by atoms with Gasteiger partial charge in [0.2, 0.25) is 0 Å². The largest absolute Gasteiger partial charge is 0.497 e. The smallest absolute Gasteiger partial charge is 0.255 e. The SMILES string of the molecule is COc1ccc(OC)c(NC(=O)c2ccc3c(c2)[C@@H]2[C@H]4CC[C@@H](C4)[C@H]2[C@@H](c2ccccc2)N3)c1. The third-order valence-electron chi connectivity index (χ3n) is 8.16. The van der Waals surface area contributed by atoms with E-state index in [2.05, 4.69) is 53.1 Å². The number of carbonyl (C=O) groups is 1. The van der Waals surface area contributed by atoms with E-state index in [9.17, 15) is 4.79 Å². The van der Waals surface area contributed by atoms with Gasteiger partial charge in [-0.1, -0.05) is 30.3 Å². The number of hydrogen-bond acceptors (Lipinski definition) is 4. The summed E-state index contributed by atoms with van der Waals surface area (Å²) in [6.45, 7) is 0. The fourth-order valence-electron chi connectivity index (χ4n) is 6.72. The molecule has 2 fully saturated rings. The minimum absolute atomic E-state index is 0.140. The minimum atomic E-state index is -0.140. The monoisotopic (exact) mass is 454 g/mol. The van der Waals surface area contributed by atoms with E-state index in [4.69, 9.17) is 9.47 Å². The zero-order chi connectivity index (χ0) is 23.2. The highest BCUT2D eigenvalue weighted by molar-refractivity contribution is 6.05. The molecule has 3 aliphatic rings. The lowest BCUT2D eigenvalue weighted by atomic mass is 9.68. The molecular weight excluding hydrogens is 424 g/mol. The van der Waals surface area contributed by atoms with Gasteiger partial charge in [-0.15, -0.1) is 0 Å². The molecule has 2 N–H and O–H groups in total. The predicted octanol–water partition coefficient (Wildman–Crippen LogP) is 6.25. The summed E-state index contributed by atoms with van der Waals surface area (Å²) in [5.41, 5.74) is 5.10. The quantitative estimate of drug-likeness (QED) is 0.478. The number of rotatable bonds is 5. The lowest BCUT2D eigenvalue weighted by molar-refractivity contribution is 0.102. The van der Waals surface area contributed by atoms with E-state index in [1.54, 1.807) is 26.4 Å². The van der Waals surface area contributed by atoms with Gasteiger partial charge in [-0.25, -0.2) is 0 Å². The number of benzene rings is 3. The van der Waals surface area contributed by atoms with Gasteiger partial charge in [-0.2, -0.15) is 0 Å². The van der Waals surface area contributed by atoms with Crippen LogP contribution in [-0.2, 0) is 0 Å². The van der Waals surface area contributed by atoms with Gasteiger partial charge < -0.3 is 20.1 Å². The first-order valence-electron chi connectivity index (χ1n) is 12.1. The molecule has 5 atom stereocenters. The standard InChI is InChI=1S/C29H30N2O3/c1-33-21-11-13-25(34-2)24(16-21)31-29(32)20-10-12-23-22(15-20)26-18-8-9-19(14-18)27(26)28(30-23)17-6-4-3-5-7-17/h3-7,10-13,15-16,18-19,26-28,30H,8-9,14H2,1-2H3,(H,31,32)/t18-,19-,26-,27+,28+/m0/s1. The highest BCUT2D eigenvalue weighted by Gasteiger charge is 2.53. The van der Waals surface area contributed by atoms with Crippen LogP contribution in [-0.4, -0.2) is 20.1 Å². The van der Waals surface area contributed by atoms with Crippen molar-refractivity contribution in [2.24, 2.45) is 17.8 Å². The Morgan fingerprint density at radius 2 is 1.76 bits per heavy atom. The Kier molecular flexibility index (Phi) is 5.20. The molecule has 3 aromatic carbocycles. The maximum absolute atomic E-state index is 13.3. The average Bonchev–Trinajstić information content (AvgIpc) is 3.51. The normalized spacial score (nSPS) is 26.2. The number of fused-ring (bicyclic) bond motifs is 7. The van der Waals surface area contributed by atoms with Crippen LogP contribution in [0.5, 0.6) is 11.5 Å². The summed E-state index contributed by atoms with van der Waals surface area (Å²) in [4.78, 5) is 13.3. The predicted molar refractivity (Wildman–Crippen MR) is 134 cm³/mol. The van der Waals surface area contributed by atoms with Gasteiger partial charge in [0.05, 0.1) is 25.9 Å². The zero-order valence-corrected chi connectivity index (χ0v) is 19.6. The summed E-state index contributed by atoms with van der Waals surface area (Å²) >= 11 is 0. The molecule has 0 spiro atoms. The van der Waals surface area contributed by atoms with Gasteiger partial charge >= 0.3 is 0 Å². The molecule has 0 aromatic heterocycles. The molecule has 1 amide bonds. The van der Waals surface area contributed by atoms with Crippen molar-refractivity contribution < 1.29 is 14.3 Å². The van der Waals surface area contributed by atoms with Crippen molar-refractivity contribution in [1.82, 2.24) is 0 Å².